The van der Waals surface area contributed by atoms with E-state index in [1.165, 1.54) is 5.57 Å². The molecule has 1 atom stereocenters. The highest BCUT2D eigenvalue weighted by Crippen LogP contribution is 2.17. The van der Waals surface area contributed by atoms with Crippen molar-refractivity contribution in [3.63, 3.8) is 0 Å². The quantitative estimate of drug-likeness (QED) is 0.692. The van der Waals surface area contributed by atoms with E-state index in [1.807, 2.05) is 12.2 Å². The van der Waals surface area contributed by atoms with Crippen molar-refractivity contribution in [1.82, 2.24) is 0 Å². The molecule has 0 bridgehead atoms. The Morgan fingerprint density at radius 2 is 2.54 bits per heavy atom. The van der Waals surface area contributed by atoms with Gasteiger partial charge in [-0.2, -0.15) is 0 Å². The summed E-state index contributed by atoms with van der Waals surface area (Å²) >= 11 is 0. The van der Waals surface area contributed by atoms with Crippen molar-refractivity contribution in [2.45, 2.75) is 31.7 Å². The van der Waals surface area contributed by atoms with E-state index >= 15 is 0 Å². The van der Waals surface area contributed by atoms with Crippen LogP contribution in [0.1, 0.15) is 25.7 Å². The van der Waals surface area contributed by atoms with Crippen molar-refractivity contribution < 1.29 is 9.90 Å². The molecular formula is C10H15NO2. The standard InChI is InChI=1S/C10H15NO2/c11-9-5-1-3-8(7-9)4-2-6-10(12)13/h2,4,7,9H,1,3,5-6,11H2,(H,12,13)/b4-2+. The van der Waals surface area contributed by atoms with Gasteiger partial charge in [0.15, 0.2) is 0 Å². The molecule has 1 unspecified atom stereocenters. The smallest absolute Gasteiger partial charge is 0.307 e. The van der Waals surface area contributed by atoms with Crippen molar-refractivity contribution in [1.29, 1.82) is 0 Å². The molecule has 3 nitrogen and oxygen atoms in total. The zero-order valence-electron chi connectivity index (χ0n) is 7.57. The highest BCUT2D eigenvalue weighted by Gasteiger charge is 2.06. The summed E-state index contributed by atoms with van der Waals surface area (Å²) in [6.07, 6.45) is 8.80. The lowest BCUT2D eigenvalue weighted by molar-refractivity contribution is -0.135. The van der Waals surface area contributed by atoms with Crippen LogP contribution in [0.3, 0.4) is 0 Å². The van der Waals surface area contributed by atoms with Crippen molar-refractivity contribution in [3.05, 3.63) is 23.8 Å². The summed E-state index contributed by atoms with van der Waals surface area (Å²) in [5.41, 5.74) is 6.90. The Labute approximate surface area is 77.9 Å². The molecule has 3 N–H and O–H groups in total. The monoisotopic (exact) mass is 181 g/mol. The van der Waals surface area contributed by atoms with E-state index in [2.05, 4.69) is 0 Å². The first kappa shape index (κ1) is 9.99. The molecule has 72 valence electrons. The molecule has 0 aromatic heterocycles. The molecular weight excluding hydrogens is 166 g/mol. The van der Waals surface area contributed by atoms with Gasteiger partial charge < -0.3 is 10.8 Å². The zero-order valence-corrected chi connectivity index (χ0v) is 7.57. The van der Waals surface area contributed by atoms with Gasteiger partial charge in [0.05, 0.1) is 6.42 Å². The van der Waals surface area contributed by atoms with E-state index in [4.69, 9.17) is 10.8 Å². The third-order valence-electron chi connectivity index (χ3n) is 2.06. The number of aliphatic carboxylic acids is 1. The summed E-state index contributed by atoms with van der Waals surface area (Å²) in [4.78, 5) is 10.2. The van der Waals surface area contributed by atoms with Crippen LogP contribution in [0, 0.1) is 0 Å². The van der Waals surface area contributed by atoms with E-state index in [0.29, 0.717) is 0 Å². The van der Waals surface area contributed by atoms with Gasteiger partial charge in [0.2, 0.25) is 0 Å². The number of hydrogen-bond donors (Lipinski definition) is 2. The molecule has 13 heavy (non-hydrogen) atoms. The van der Waals surface area contributed by atoms with Crippen LogP contribution in [0.5, 0.6) is 0 Å². The summed E-state index contributed by atoms with van der Waals surface area (Å²) in [7, 11) is 0. The number of carboxylic acids is 1. The number of nitrogens with two attached hydrogens (primary N) is 1. The summed E-state index contributed by atoms with van der Waals surface area (Å²) in [5, 5.41) is 8.40. The number of allylic oxidation sites excluding steroid dienone is 2. The molecule has 0 aromatic rings. The Morgan fingerprint density at radius 3 is 3.15 bits per heavy atom. The normalized spacial score (nSPS) is 23.2. The van der Waals surface area contributed by atoms with E-state index in [9.17, 15) is 4.79 Å². The second-order valence-electron chi connectivity index (χ2n) is 3.30. The van der Waals surface area contributed by atoms with Gasteiger partial charge in [-0.3, -0.25) is 4.79 Å². The lowest BCUT2D eigenvalue weighted by atomic mass is 9.96. The van der Waals surface area contributed by atoms with Crippen LogP contribution in [0.15, 0.2) is 23.8 Å². The van der Waals surface area contributed by atoms with Crippen LogP contribution in [0.4, 0.5) is 0 Å². The van der Waals surface area contributed by atoms with Crippen LogP contribution in [-0.2, 0) is 4.79 Å². The number of carboxylic acid groups (broad SMARTS) is 1. The molecule has 1 aliphatic carbocycles. The first-order valence-corrected chi connectivity index (χ1v) is 4.53. The fraction of sp³-hybridized carbons (Fsp3) is 0.500. The minimum atomic E-state index is -0.794. The van der Waals surface area contributed by atoms with Gasteiger partial charge in [-0.15, -0.1) is 0 Å². The van der Waals surface area contributed by atoms with Crippen LogP contribution in [0.25, 0.3) is 0 Å². The molecule has 0 amide bonds. The molecule has 3 heteroatoms. The molecule has 0 fully saturated rings. The zero-order chi connectivity index (χ0) is 9.68. The number of carbonyl (C=O) groups is 1. The minimum absolute atomic E-state index is 0.0899. The third kappa shape index (κ3) is 3.90. The predicted octanol–water partition coefficient (Wildman–Crippen LogP) is 1.45. The molecule has 1 aliphatic rings. The van der Waals surface area contributed by atoms with Crippen LogP contribution in [-0.4, -0.2) is 17.1 Å². The summed E-state index contributed by atoms with van der Waals surface area (Å²) in [5.74, 6) is -0.794. The molecule has 0 saturated heterocycles. The lowest BCUT2D eigenvalue weighted by Crippen LogP contribution is -2.19. The predicted molar refractivity (Wildman–Crippen MR) is 51.3 cm³/mol. The number of hydrogen-bond acceptors (Lipinski definition) is 2. The average Bonchev–Trinajstić information content (AvgIpc) is 2.03. The van der Waals surface area contributed by atoms with Gasteiger partial charge in [-0.05, 0) is 19.3 Å². The van der Waals surface area contributed by atoms with Crippen molar-refractivity contribution in [2.75, 3.05) is 0 Å². The van der Waals surface area contributed by atoms with E-state index < -0.39 is 5.97 Å². The van der Waals surface area contributed by atoms with Crippen molar-refractivity contribution in [2.24, 2.45) is 5.73 Å². The first-order chi connectivity index (χ1) is 6.18. The molecule has 0 aliphatic heterocycles. The second-order valence-corrected chi connectivity index (χ2v) is 3.30. The molecule has 0 spiro atoms. The Kier molecular flexibility index (Phi) is 3.71. The van der Waals surface area contributed by atoms with Gasteiger partial charge in [0.1, 0.15) is 0 Å². The van der Waals surface area contributed by atoms with Gasteiger partial charge in [-0.1, -0.05) is 23.8 Å². The maximum absolute atomic E-state index is 10.2. The van der Waals surface area contributed by atoms with Crippen LogP contribution >= 0.6 is 0 Å². The van der Waals surface area contributed by atoms with Crippen molar-refractivity contribution >= 4 is 5.97 Å². The van der Waals surface area contributed by atoms with E-state index in [-0.39, 0.29) is 12.5 Å². The van der Waals surface area contributed by atoms with Crippen LogP contribution in [0.2, 0.25) is 0 Å². The maximum atomic E-state index is 10.2. The van der Waals surface area contributed by atoms with E-state index in [1.54, 1.807) is 6.08 Å². The summed E-state index contributed by atoms with van der Waals surface area (Å²) < 4.78 is 0. The molecule has 0 radical (unpaired) electrons. The van der Waals surface area contributed by atoms with E-state index in [0.717, 1.165) is 19.3 Å². The van der Waals surface area contributed by atoms with Gasteiger partial charge in [0, 0.05) is 6.04 Å². The molecule has 0 saturated carbocycles. The van der Waals surface area contributed by atoms with Crippen LogP contribution < -0.4 is 5.73 Å². The Morgan fingerprint density at radius 1 is 1.77 bits per heavy atom. The maximum Gasteiger partial charge on any atom is 0.307 e. The van der Waals surface area contributed by atoms with Gasteiger partial charge in [-0.25, -0.2) is 0 Å². The Balaban J connectivity index is 2.43. The second kappa shape index (κ2) is 4.82. The average molecular weight is 181 g/mol. The topological polar surface area (TPSA) is 63.3 Å². The molecule has 1 rings (SSSR count). The first-order valence-electron chi connectivity index (χ1n) is 4.53. The fourth-order valence-electron chi connectivity index (χ4n) is 1.43. The third-order valence-corrected chi connectivity index (χ3v) is 2.06. The lowest BCUT2D eigenvalue weighted by Gasteiger charge is -2.14. The molecule has 0 heterocycles. The largest absolute Gasteiger partial charge is 0.481 e. The Bertz CT molecular complexity index is 243. The van der Waals surface area contributed by atoms with Crippen molar-refractivity contribution in [3.8, 4) is 0 Å². The fourth-order valence-corrected chi connectivity index (χ4v) is 1.43. The minimum Gasteiger partial charge on any atom is -0.481 e. The van der Waals surface area contributed by atoms with Gasteiger partial charge in [0.25, 0.3) is 0 Å². The SMILES string of the molecule is NC1C=C(/C=C/CC(=O)O)CCC1. The highest BCUT2D eigenvalue weighted by atomic mass is 16.4. The summed E-state index contributed by atoms with van der Waals surface area (Å²) in [6.45, 7) is 0. The highest BCUT2D eigenvalue weighted by molar-refractivity contribution is 5.68. The number of rotatable bonds is 3. The molecule has 0 aromatic carbocycles. The van der Waals surface area contributed by atoms with Gasteiger partial charge >= 0.3 is 5.97 Å². The summed E-state index contributed by atoms with van der Waals surface area (Å²) in [6, 6.07) is 0.151. The Hall–Kier alpha value is -1.09.